The summed E-state index contributed by atoms with van der Waals surface area (Å²) in [7, 11) is 0. The Morgan fingerprint density at radius 2 is 1.53 bits per heavy atom. The minimum absolute atomic E-state index is 0. The number of nitrogens with one attached hydrogen (secondary N) is 1. The van der Waals surface area contributed by atoms with Gasteiger partial charge in [0.25, 0.3) is 0 Å². The van der Waals surface area contributed by atoms with Gasteiger partial charge in [0.2, 0.25) is 11.8 Å². The fraction of sp³-hybridized carbons (Fsp3) is 0.481. The number of rotatable bonds is 5. The molecule has 2 aromatic rings. The Labute approximate surface area is 197 Å². The van der Waals surface area contributed by atoms with Gasteiger partial charge in [-0.15, -0.1) is 0 Å². The Balaban J connectivity index is 0.00000289. The predicted molar refractivity (Wildman–Crippen MR) is 131 cm³/mol. The van der Waals surface area contributed by atoms with Gasteiger partial charge >= 0.3 is 0 Å². The second-order valence-corrected chi connectivity index (χ2v) is 9.69. The van der Waals surface area contributed by atoms with Crippen LogP contribution in [-0.4, -0.2) is 35.8 Å². The highest BCUT2D eigenvalue weighted by Gasteiger charge is 2.34. The first-order valence-corrected chi connectivity index (χ1v) is 11.7. The summed E-state index contributed by atoms with van der Waals surface area (Å²) >= 11 is 6.01. The first-order valence-electron chi connectivity index (χ1n) is 11.3. The van der Waals surface area contributed by atoms with Crippen molar-refractivity contribution in [2.45, 2.75) is 58.9 Å². The summed E-state index contributed by atoms with van der Waals surface area (Å²) in [6.45, 7) is 5.46. The van der Waals surface area contributed by atoms with Crippen LogP contribution in [0.3, 0.4) is 0 Å². The van der Waals surface area contributed by atoms with Gasteiger partial charge in [-0.1, -0.05) is 69.3 Å². The molecule has 172 valence electrons. The van der Waals surface area contributed by atoms with Crippen LogP contribution in [0.25, 0.3) is 0 Å². The van der Waals surface area contributed by atoms with Gasteiger partial charge in [-0.25, -0.2) is 0 Å². The highest BCUT2D eigenvalue weighted by molar-refractivity contribution is 6.30. The van der Waals surface area contributed by atoms with Gasteiger partial charge in [0.05, 0.1) is 0 Å². The Morgan fingerprint density at radius 3 is 2.06 bits per heavy atom. The maximum atomic E-state index is 13.3. The van der Waals surface area contributed by atoms with Crippen LogP contribution in [0.4, 0.5) is 0 Å². The van der Waals surface area contributed by atoms with E-state index in [4.69, 9.17) is 11.6 Å². The Hall–Kier alpha value is -2.33. The molecule has 5 heteroatoms. The highest BCUT2D eigenvalue weighted by atomic mass is 35.5. The fourth-order valence-corrected chi connectivity index (χ4v) is 5.02. The summed E-state index contributed by atoms with van der Waals surface area (Å²) in [4.78, 5) is 28.2. The number of carbonyl (C=O) groups is 2. The largest absolute Gasteiger partial charge is 0.344 e. The minimum atomic E-state index is -0.469. The third kappa shape index (κ3) is 5.35. The van der Waals surface area contributed by atoms with E-state index >= 15 is 0 Å². The number of benzene rings is 2. The molecule has 0 aromatic heterocycles. The van der Waals surface area contributed by atoms with Crippen molar-refractivity contribution in [3.05, 3.63) is 70.2 Å². The Morgan fingerprint density at radius 1 is 0.969 bits per heavy atom. The predicted octanol–water partition coefficient (Wildman–Crippen LogP) is 5.24. The fourth-order valence-electron chi connectivity index (χ4n) is 4.89. The number of nitrogens with zero attached hydrogens (tertiary/aromatic N) is 1. The van der Waals surface area contributed by atoms with Crippen LogP contribution >= 0.6 is 11.6 Å². The molecule has 4 rings (SSSR count). The van der Waals surface area contributed by atoms with Gasteiger partial charge in [-0.05, 0) is 66.3 Å². The average Bonchev–Trinajstić information content (AvgIpc) is 3.22. The van der Waals surface area contributed by atoms with E-state index in [1.165, 1.54) is 16.7 Å². The van der Waals surface area contributed by atoms with E-state index in [9.17, 15) is 9.59 Å². The Kier molecular flexibility index (Phi) is 8.00. The van der Waals surface area contributed by atoms with Crippen molar-refractivity contribution in [2.75, 3.05) is 13.1 Å². The molecular weight excluding hydrogens is 420 g/mol. The molecule has 2 aromatic carbocycles. The van der Waals surface area contributed by atoms with Gasteiger partial charge in [0.1, 0.15) is 6.04 Å². The molecule has 0 unspecified atom stereocenters. The topological polar surface area (TPSA) is 49.4 Å². The van der Waals surface area contributed by atoms with E-state index in [0.29, 0.717) is 5.92 Å². The molecule has 1 aliphatic carbocycles. The van der Waals surface area contributed by atoms with E-state index in [1.807, 2.05) is 43.0 Å². The number of halogens is 1. The van der Waals surface area contributed by atoms with Gasteiger partial charge in [0, 0.05) is 24.0 Å². The summed E-state index contributed by atoms with van der Waals surface area (Å²) in [5, 5.41) is 3.84. The normalized spacial score (nSPS) is 17.6. The molecule has 0 spiro atoms. The van der Waals surface area contributed by atoms with Crippen LogP contribution in [0.5, 0.6) is 0 Å². The molecule has 1 aliphatic heterocycles. The molecule has 0 bridgehead atoms. The second kappa shape index (κ2) is 10.5. The SMILES string of the molecule is C.CC(C)[C@@H](NC(=O)C1Cc2ccccc2C1)C(=O)N1CCC(c2ccc(Cl)cc2)CC1. The third-order valence-electron chi connectivity index (χ3n) is 6.80. The zero-order valence-corrected chi connectivity index (χ0v) is 19.1. The first kappa shape index (κ1) is 24.3. The minimum Gasteiger partial charge on any atom is -0.344 e. The van der Waals surface area contributed by atoms with Crippen LogP contribution in [0.1, 0.15) is 56.7 Å². The smallest absolute Gasteiger partial charge is 0.245 e. The molecule has 1 saturated heterocycles. The van der Waals surface area contributed by atoms with Crippen molar-refractivity contribution >= 4 is 23.4 Å². The number of carbonyl (C=O) groups excluding carboxylic acids is 2. The first-order chi connectivity index (χ1) is 14.9. The standard InChI is InChI=1S/C26H31ClN2O2.CH4/c1-17(2)24(28-25(30)22-15-20-5-3-4-6-21(20)16-22)26(31)29-13-11-19(12-14-29)18-7-9-23(27)10-8-18;/h3-10,17,19,22,24H,11-16H2,1-2H3,(H,28,30);1H4/t24-;/m1./s1. The number of piperidine rings is 1. The van der Waals surface area contributed by atoms with Crippen molar-refractivity contribution in [1.82, 2.24) is 10.2 Å². The van der Waals surface area contributed by atoms with E-state index in [1.54, 1.807) is 0 Å². The van der Waals surface area contributed by atoms with Crippen LogP contribution in [0.2, 0.25) is 5.02 Å². The molecule has 2 amide bonds. The van der Waals surface area contributed by atoms with Gasteiger partial charge in [0.15, 0.2) is 0 Å². The lowest BCUT2D eigenvalue weighted by molar-refractivity contribution is -0.139. The third-order valence-corrected chi connectivity index (χ3v) is 7.05. The van der Waals surface area contributed by atoms with Crippen LogP contribution in [-0.2, 0) is 22.4 Å². The lowest BCUT2D eigenvalue weighted by Gasteiger charge is -2.36. The number of likely N-dealkylation sites (tertiary alicyclic amines) is 1. The van der Waals surface area contributed by atoms with Crippen LogP contribution < -0.4 is 5.32 Å². The lowest BCUT2D eigenvalue weighted by Crippen LogP contribution is -2.54. The van der Waals surface area contributed by atoms with Gasteiger partial charge in [-0.2, -0.15) is 0 Å². The monoisotopic (exact) mass is 454 g/mol. The molecule has 0 radical (unpaired) electrons. The number of hydrogen-bond acceptors (Lipinski definition) is 2. The Bertz CT molecular complexity index is 908. The molecule has 1 fully saturated rings. The summed E-state index contributed by atoms with van der Waals surface area (Å²) in [5.41, 5.74) is 3.78. The molecule has 32 heavy (non-hydrogen) atoms. The summed E-state index contributed by atoms with van der Waals surface area (Å²) in [6.07, 6.45) is 3.38. The van der Waals surface area contributed by atoms with Crippen LogP contribution in [0.15, 0.2) is 48.5 Å². The van der Waals surface area contributed by atoms with E-state index in [0.717, 1.165) is 43.8 Å². The average molecular weight is 455 g/mol. The number of fused-ring (bicyclic) bond motifs is 1. The van der Waals surface area contributed by atoms with Crippen LogP contribution in [0, 0.1) is 11.8 Å². The lowest BCUT2D eigenvalue weighted by atomic mass is 9.89. The number of amides is 2. The molecule has 4 nitrogen and oxygen atoms in total. The molecule has 1 heterocycles. The molecular formula is C27H35ClN2O2. The number of hydrogen-bond donors (Lipinski definition) is 1. The maximum absolute atomic E-state index is 13.3. The van der Waals surface area contributed by atoms with Crippen molar-refractivity contribution in [3.8, 4) is 0 Å². The van der Waals surface area contributed by atoms with Crippen molar-refractivity contribution in [2.24, 2.45) is 11.8 Å². The van der Waals surface area contributed by atoms with Gasteiger partial charge in [-0.3, -0.25) is 9.59 Å². The maximum Gasteiger partial charge on any atom is 0.245 e. The van der Waals surface area contributed by atoms with Crippen molar-refractivity contribution < 1.29 is 9.59 Å². The van der Waals surface area contributed by atoms with Crippen molar-refractivity contribution in [3.63, 3.8) is 0 Å². The van der Waals surface area contributed by atoms with E-state index < -0.39 is 6.04 Å². The quantitative estimate of drug-likeness (QED) is 0.671. The zero-order chi connectivity index (χ0) is 22.0. The molecule has 1 atom stereocenters. The van der Waals surface area contributed by atoms with E-state index in [2.05, 4.69) is 29.6 Å². The van der Waals surface area contributed by atoms with Gasteiger partial charge < -0.3 is 10.2 Å². The molecule has 0 saturated carbocycles. The summed E-state index contributed by atoms with van der Waals surface area (Å²) in [6, 6.07) is 15.8. The summed E-state index contributed by atoms with van der Waals surface area (Å²) in [5.74, 6) is 0.467. The van der Waals surface area contributed by atoms with E-state index in [-0.39, 0.29) is 31.1 Å². The molecule has 1 N–H and O–H groups in total. The van der Waals surface area contributed by atoms with Crippen molar-refractivity contribution in [1.29, 1.82) is 0 Å². The zero-order valence-electron chi connectivity index (χ0n) is 18.3. The molecule has 2 aliphatic rings. The summed E-state index contributed by atoms with van der Waals surface area (Å²) < 4.78 is 0. The second-order valence-electron chi connectivity index (χ2n) is 9.26. The highest BCUT2D eigenvalue weighted by Crippen LogP contribution is 2.30.